The molecule has 5 nitrogen and oxygen atoms in total. The van der Waals surface area contributed by atoms with Gasteiger partial charge in [-0.3, -0.25) is 9.69 Å². The molecule has 22 heavy (non-hydrogen) atoms. The van der Waals surface area contributed by atoms with Gasteiger partial charge in [-0.2, -0.15) is 0 Å². The summed E-state index contributed by atoms with van der Waals surface area (Å²) in [6, 6.07) is 7.85. The van der Waals surface area contributed by atoms with Gasteiger partial charge in [0.25, 0.3) is 0 Å². The molecular weight excluding hydrogens is 280 g/mol. The molecule has 0 aromatic heterocycles. The zero-order valence-electron chi connectivity index (χ0n) is 13.7. The number of nitrogens with zero attached hydrogens (tertiary/aromatic N) is 2. The van der Waals surface area contributed by atoms with Crippen LogP contribution in [-0.2, 0) is 10.2 Å². The highest BCUT2D eigenvalue weighted by atomic mass is 16.4. The Morgan fingerprint density at radius 2 is 2.00 bits per heavy atom. The van der Waals surface area contributed by atoms with Crippen molar-refractivity contribution < 1.29 is 14.7 Å². The molecule has 0 aliphatic carbocycles. The van der Waals surface area contributed by atoms with Gasteiger partial charge in [-0.15, -0.1) is 0 Å². The van der Waals surface area contributed by atoms with Crippen LogP contribution in [0.2, 0.25) is 0 Å². The lowest BCUT2D eigenvalue weighted by Gasteiger charge is -2.26. The van der Waals surface area contributed by atoms with Crippen molar-refractivity contribution in [3.05, 3.63) is 29.8 Å². The molecule has 0 saturated carbocycles. The van der Waals surface area contributed by atoms with Gasteiger partial charge in [0, 0.05) is 30.2 Å². The first-order chi connectivity index (χ1) is 10.2. The third-order valence-corrected chi connectivity index (χ3v) is 4.20. The molecule has 2 amide bonds. The van der Waals surface area contributed by atoms with E-state index in [-0.39, 0.29) is 18.5 Å². The number of hydrogen-bond acceptors (Lipinski definition) is 2. The molecule has 0 unspecified atom stereocenters. The van der Waals surface area contributed by atoms with Crippen LogP contribution in [0.1, 0.15) is 39.7 Å². The molecule has 0 spiro atoms. The van der Waals surface area contributed by atoms with E-state index in [4.69, 9.17) is 5.11 Å². The van der Waals surface area contributed by atoms with Crippen molar-refractivity contribution in [3.8, 4) is 0 Å². The van der Waals surface area contributed by atoms with E-state index in [2.05, 4.69) is 0 Å². The topological polar surface area (TPSA) is 60.9 Å². The van der Waals surface area contributed by atoms with Crippen LogP contribution in [0.25, 0.3) is 0 Å². The minimum Gasteiger partial charge on any atom is -0.481 e. The molecule has 1 saturated heterocycles. The molecule has 1 N–H and O–H groups in total. The predicted octanol–water partition coefficient (Wildman–Crippen LogP) is 3.09. The summed E-state index contributed by atoms with van der Waals surface area (Å²) in [6.07, 6.45) is 0.0581. The lowest BCUT2D eigenvalue weighted by Crippen LogP contribution is -2.36. The van der Waals surface area contributed by atoms with Gasteiger partial charge in [0.1, 0.15) is 0 Å². The van der Waals surface area contributed by atoms with E-state index in [0.717, 1.165) is 17.8 Å². The number of hydrogen-bond donors (Lipinski definition) is 1. The number of amides is 2. The predicted molar refractivity (Wildman–Crippen MR) is 86.3 cm³/mol. The number of aliphatic carboxylic acids is 1. The van der Waals surface area contributed by atoms with Gasteiger partial charge in [-0.05, 0) is 31.5 Å². The molecule has 2 rings (SSSR count). The smallest absolute Gasteiger partial charge is 0.324 e. The summed E-state index contributed by atoms with van der Waals surface area (Å²) in [4.78, 5) is 27.1. The standard InChI is InChI=1S/C17H24N2O3/c1-12(2)18-8-9-19(16(18)22)14-7-5-6-13(10-14)17(3,4)11-15(20)21/h5-7,10,12H,8-9,11H2,1-4H3,(H,20,21). The van der Waals surface area contributed by atoms with Crippen LogP contribution in [0.4, 0.5) is 10.5 Å². The summed E-state index contributed by atoms with van der Waals surface area (Å²) in [5.74, 6) is -0.821. The van der Waals surface area contributed by atoms with E-state index in [0.29, 0.717) is 6.54 Å². The highest BCUT2D eigenvalue weighted by molar-refractivity contribution is 5.94. The highest BCUT2D eigenvalue weighted by Gasteiger charge is 2.32. The average Bonchev–Trinajstić information content (AvgIpc) is 2.79. The highest BCUT2D eigenvalue weighted by Crippen LogP contribution is 2.31. The Bertz CT molecular complexity index is 581. The summed E-state index contributed by atoms with van der Waals surface area (Å²) >= 11 is 0. The third kappa shape index (κ3) is 3.24. The van der Waals surface area contributed by atoms with Gasteiger partial charge in [-0.1, -0.05) is 26.0 Å². The van der Waals surface area contributed by atoms with E-state index in [9.17, 15) is 9.59 Å². The molecule has 5 heteroatoms. The van der Waals surface area contributed by atoms with Crippen LogP contribution in [0, 0.1) is 0 Å². The number of rotatable bonds is 5. The minimum absolute atomic E-state index is 0.0168. The van der Waals surface area contributed by atoms with Gasteiger partial charge in [-0.25, -0.2) is 4.79 Å². The van der Waals surface area contributed by atoms with E-state index >= 15 is 0 Å². The van der Waals surface area contributed by atoms with E-state index in [1.54, 1.807) is 4.90 Å². The maximum absolute atomic E-state index is 12.4. The van der Waals surface area contributed by atoms with E-state index in [1.807, 2.05) is 56.9 Å². The van der Waals surface area contributed by atoms with Crippen molar-refractivity contribution in [2.75, 3.05) is 18.0 Å². The molecule has 120 valence electrons. The van der Waals surface area contributed by atoms with Gasteiger partial charge in [0.05, 0.1) is 6.42 Å². The number of carboxylic acids is 1. The summed E-state index contributed by atoms with van der Waals surface area (Å²) in [5.41, 5.74) is 1.30. The molecule has 0 bridgehead atoms. The molecule has 1 aliphatic heterocycles. The largest absolute Gasteiger partial charge is 0.481 e. The average molecular weight is 304 g/mol. The fourth-order valence-electron chi connectivity index (χ4n) is 2.85. The number of carbonyl (C=O) groups is 2. The minimum atomic E-state index is -0.821. The lowest BCUT2D eigenvalue weighted by molar-refractivity contribution is -0.138. The molecule has 0 radical (unpaired) electrons. The molecule has 0 atom stereocenters. The summed E-state index contributed by atoms with van der Waals surface area (Å²) in [6.45, 7) is 9.22. The maximum Gasteiger partial charge on any atom is 0.324 e. The summed E-state index contributed by atoms with van der Waals surface area (Å²) < 4.78 is 0. The van der Waals surface area contributed by atoms with Gasteiger partial charge in [0.15, 0.2) is 0 Å². The van der Waals surface area contributed by atoms with Crippen molar-refractivity contribution in [2.45, 2.75) is 45.6 Å². The first-order valence-corrected chi connectivity index (χ1v) is 7.63. The normalized spacial score (nSPS) is 15.8. The molecule has 1 aliphatic rings. The molecule has 1 heterocycles. The SMILES string of the molecule is CC(C)N1CCN(c2cccc(C(C)(C)CC(=O)O)c2)C1=O. The Balaban J connectivity index is 2.26. The Morgan fingerprint density at radius 1 is 1.32 bits per heavy atom. The van der Waals surface area contributed by atoms with Crippen molar-refractivity contribution in [1.82, 2.24) is 4.90 Å². The lowest BCUT2D eigenvalue weighted by atomic mass is 9.81. The van der Waals surface area contributed by atoms with Gasteiger partial charge in [0.2, 0.25) is 0 Å². The zero-order valence-corrected chi connectivity index (χ0v) is 13.7. The van der Waals surface area contributed by atoms with Crippen molar-refractivity contribution in [2.24, 2.45) is 0 Å². The fraction of sp³-hybridized carbons (Fsp3) is 0.529. The van der Waals surface area contributed by atoms with Crippen LogP contribution in [-0.4, -0.2) is 41.1 Å². The fourth-order valence-corrected chi connectivity index (χ4v) is 2.85. The molecule has 1 aromatic rings. The molecule has 1 fully saturated rings. The molecular formula is C17H24N2O3. The Hall–Kier alpha value is -2.04. The van der Waals surface area contributed by atoms with E-state index < -0.39 is 11.4 Å². The van der Waals surface area contributed by atoms with Gasteiger partial charge < -0.3 is 10.0 Å². The zero-order chi connectivity index (χ0) is 16.5. The second-order valence-electron chi connectivity index (χ2n) is 6.73. The third-order valence-electron chi connectivity index (χ3n) is 4.20. The molecule has 1 aromatic carbocycles. The Kier molecular flexibility index (Phi) is 4.44. The summed E-state index contributed by atoms with van der Waals surface area (Å²) in [5, 5.41) is 9.06. The number of carboxylic acid groups (broad SMARTS) is 1. The van der Waals surface area contributed by atoms with Crippen LogP contribution < -0.4 is 4.90 Å². The Labute approximate surface area is 131 Å². The van der Waals surface area contributed by atoms with Crippen LogP contribution in [0.3, 0.4) is 0 Å². The van der Waals surface area contributed by atoms with E-state index in [1.165, 1.54) is 0 Å². The second kappa shape index (κ2) is 5.99. The first-order valence-electron chi connectivity index (χ1n) is 7.63. The second-order valence-corrected chi connectivity index (χ2v) is 6.73. The number of anilines is 1. The first kappa shape index (κ1) is 16.3. The van der Waals surface area contributed by atoms with Crippen molar-refractivity contribution >= 4 is 17.7 Å². The van der Waals surface area contributed by atoms with Crippen molar-refractivity contribution in [1.29, 1.82) is 0 Å². The Morgan fingerprint density at radius 3 is 2.55 bits per heavy atom. The maximum atomic E-state index is 12.4. The number of urea groups is 1. The quantitative estimate of drug-likeness (QED) is 0.909. The monoisotopic (exact) mass is 304 g/mol. The van der Waals surface area contributed by atoms with Gasteiger partial charge >= 0.3 is 12.0 Å². The number of benzene rings is 1. The summed E-state index contributed by atoms with van der Waals surface area (Å²) in [7, 11) is 0. The number of carbonyl (C=O) groups excluding carboxylic acids is 1. The van der Waals surface area contributed by atoms with Crippen molar-refractivity contribution in [3.63, 3.8) is 0 Å². The van der Waals surface area contributed by atoms with Crippen LogP contribution >= 0.6 is 0 Å². The van der Waals surface area contributed by atoms with Crippen LogP contribution in [0.5, 0.6) is 0 Å². The van der Waals surface area contributed by atoms with Crippen LogP contribution in [0.15, 0.2) is 24.3 Å².